The monoisotopic (exact) mass is 268 g/mol. The highest BCUT2D eigenvalue weighted by Gasteiger charge is 2.30. The summed E-state index contributed by atoms with van der Waals surface area (Å²) in [5, 5.41) is 13.9. The average molecular weight is 268 g/mol. The lowest BCUT2D eigenvalue weighted by atomic mass is 9.88. The highest BCUT2D eigenvalue weighted by atomic mass is 16.3. The number of nitrogens with one attached hydrogen (secondary N) is 1. The SMILES string of the molecule is CCC(O)C1CC(NCC2CCCC2)CN(CC)C1. The second kappa shape index (κ2) is 7.61. The van der Waals surface area contributed by atoms with E-state index in [4.69, 9.17) is 0 Å². The molecule has 0 amide bonds. The lowest BCUT2D eigenvalue weighted by Gasteiger charge is -2.39. The van der Waals surface area contributed by atoms with Crippen molar-refractivity contribution in [1.29, 1.82) is 0 Å². The van der Waals surface area contributed by atoms with Gasteiger partial charge in [-0.1, -0.05) is 26.7 Å². The summed E-state index contributed by atoms with van der Waals surface area (Å²) in [6.45, 7) is 8.86. The lowest BCUT2D eigenvalue weighted by Crippen LogP contribution is -2.52. The number of hydrogen-bond donors (Lipinski definition) is 2. The minimum atomic E-state index is -0.120. The van der Waals surface area contributed by atoms with Crippen LogP contribution in [0.15, 0.2) is 0 Å². The molecule has 3 unspecified atom stereocenters. The van der Waals surface area contributed by atoms with Gasteiger partial charge in [0.1, 0.15) is 0 Å². The van der Waals surface area contributed by atoms with Crippen LogP contribution in [-0.4, -0.2) is 48.3 Å². The highest BCUT2D eigenvalue weighted by molar-refractivity contribution is 4.86. The third kappa shape index (κ3) is 4.44. The first-order valence-corrected chi connectivity index (χ1v) is 8.36. The quantitative estimate of drug-likeness (QED) is 0.775. The number of aliphatic hydroxyl groups excluding tert-OH is 1. The van der Waals surface area contributed by atoms with Gasteiger partial charge in [-0.2, -0.15) is 0 Å². The van der Waals surface area contributed by atoms with Crippen molar-refractivity contribution in [2.75, 3.05) is 26.2 Å². The first-order valence-electron chi connectivity index (χ1n) is 8.36. The van der Waals surface area contributed by atoms with Gasteiger partial charge < -0.3 is 15.3 Å². The van der Waals surface area contributed by atoms with Gasteiger partial charge in [-0.05, 0) is 50.6 Å². The predicted molar refractivity (Wildman–Crippen MR) is 80.3 cm³/mol. The fourth-order valence-electron chi connectivity index (χ4n) is 3.80. The fourth-order valence-corrected chi connectivity index (χ4v) is 3.80. The van der Waals surface area contributed by atoms with Crippen molar-refractivity contribution < 1.29 is 5.11 Å². The van der Waals surface area contributed by atoms with Crippen LogP contribution in [-0.2, 0) is 0 Å². The van der Waals surface area contributed by atoms with E-state index in [1.54, 1.807) is 0 Å². The first kappa shape index (κ1) is 15.3. The zero-order valence-corrected chi connectivity index (χ0v) is 12.8. The Morgan fingerprint density at radius 3 is 2.58 bits per heavy atom. The molecule has 19 heavy (non-hydrogen) atoms. The minimum absolute atomic E-state index is 0.120. The van der Waals surface area contributed by atoms with Crippen LogP contribution in [0.3, 0.4) is 0 Å². The van der Waals surface area contributed by atoms with E-state index in [9.17, 15) is 5.11 Å². The van der Waals surface area contributed by atoms with Gasteiger partial charge in [0.2, 0.25) is 0 Å². The van der Waals surface area contributed by atoms with Crippen LogP contribution in [0, 0.1) is 11.8 Å². The third-order valence-corrected chi connectivity index (χ3v) is 5.14. The van der Waals surface area contributed by atoms with E-state index in [2.05, 4.69) is 24.1 Å². The average Bonchev–Trinajstić information content (AvgIpc) is 2.97. The molecule has 1 saturated heterocycles. The van der Waals surface area contributed by atoms with Crippen LogP contribution >= 0.6 is 0 Å². The van der Waals surface area contributed by atoms with Gasteiger partial charge in [0.05, 0.1) is 6.10 Å². The molecule has 0 aromatic rings. The van der Waals surface area contributed by atoms with Crippen LogP contribution in [0.1, 0.15) is 52.4 Å². The minimum Gasteiger partial charge on any atom is -0.393 e. The normalized spacial score (nSPS) is 31.7. The van der Waals surface area contributed by atoms with Crippen molar-refractivity contribution in [2.45, 2.75) is 64.5 Å². The zero-order chi connectivity index (χ0) is 13.7. The van der Waals surface area contributed by atoms with Crippen molar-refractivity contribution in [2.24, 2.45) is 11.8 Å². The standard InChI is InChI=1S/C16H32N2O/c1-3-16(19)14-9-15(12-18(4-2)11-14)17-10-13-7-5-6-8-13/h13-17,19H,3-12H2,1-2H3. The van der Waals surface area contributed by atoms with Crippen LogP contribution in [0.5, 0.6) is 0 Å². The summed E-state index contributed by atoms with van der Waals surface area (Å²) < 4.78 is 0. The molecular weight excluding hydrogens is 236 g/mol. The Morgan fingerprint density at radius 2 is 1.95 bits per heavy atom. The predicted octanol–water partition coefficient (Wildman–Crippen LogP) is 2.25. The van der Waals surface area contributed by atoms with Crippen LogP contribution in [0.25, 0.3) is 0 Å². The topological polar surface area (TPSA) is 35.5 Å². The Balaban J connectivity index is 1.80. The molecule has 2 N–H and O–H groups in total. The zero-order valence-electron chi connectivity index (χ0n) is 12.8. The Hall–Kier alpha value is -0.120. The maximum atomic E-state index is 10.1. The van der Waals surface area contributed by atoms with E-state index in [0.29, 0.717) is 12.0 Å². The van der Waals surface area contributed by atoms with Gasteiger partial charge in [0, 0.05) is 19.1 Å². The van der Waals surface area contributed by atoms with Gasteiger partial charge in [0.15, 0.2) is 0 Å². The molecule has 0 spiro atoms. The van der Waals surface area contributed by atoms with Crippen molar-refractivity contribution in [3.63, 3.8) is 0 Å². The van der Waals surface area contributed by atoms with Gasteiger partial charge in [-0.25, -0.2) is 0 Å². The molecule has 3 heteroatoms. The molecule has 112 valence electrons. The van der Waals surface area contributed by atoms with E-state index in [0.717, 1.165) is 38.4 Å². The number of aliphatic hydroxyl groups is 1. The van der Waals surface area contributed by atoms with Gasteiger partial charge >= 0.3 is 0 Å². The van der Waals surface area contributed by atoms with Crippen LogP contribution in [0.2, 0.25) is 0 Å². The lowest BCUT2D eigenvalue weighted by molar-refractivity contribution is 0.0369. The summed E-state index contributed by atoms with van der Waals surface area (Å²) >= 11 is 0. The van der Waals surface area contributed by atoms with Crippen molar-refractivity contribution in [3.8, 4) is 0 Å². The Labute approximate surface area is 118 Å². The molecule has 2 rings (SSSR count). The molecule has 3 nitrogen and oxygen atoms in total. The van der Waals surface area contributed by atoms with Gasteiger partial charge in [-0.3, -0.25) is 0 Å². The summed E-state index contributed by atoms with van der Waals surface area (Å²) in [7, 11) is 0. The largest absolute Gasteiger partial charge is 0.393 e. The number of likely N-dealkylation sites (tertiary alicyclic amines) is 1. The molecule has 3 atom stereocenters. The van der Waals surface area contributed by atoms with Crippen molar-refractivity contribution >= 4 is 0 Å². The fraction of sp³-hybridized carbons (Fsp3) is 1.00. The molecule has 2 fully saturated rings. The second-order valence-electron chi connectivity index (χ2n) is 6.58. The molecule has 0 bridgehead atoms. The molecule has 2 aliphatic rings. The second-order valence-corrected chi connectivity index (χ2v) is 6.58. The summed E-state index contributed by atoms with van der Waals surface area (Å²) in [6.07, 6.45) is 7.60. The van der Waals surface area contributed by atoms with E-state index >= 15 is 0 Å². The number of hydrogen-bond acceptors (Lipinski definition) is 3. The van der Waals surface area contributed by atoms with Crippen molar-refractivity contribution in [1.82, 2.24) is 10.2 Å². The molecular formula is C16H32N2O. The van der Waals surface area contributed by atoms with Crippen LogP contribution < -0.4 is 5.32 Å². The van der Waals surface area contributed by atoms with Gasteiger partial charge in [0.25, 0.3) is 0 Å². The Kier molecular flexibility index (Phi) is 6.11. The first-order chi connectivity index (χ1) is 9.22. The molecule has 1 aliphatic heterocycles. The third-order valence-electron chi connectivity index (χ3n) is 5.14. The Morgan fingerprint density at radius 1 is 1.21 bits per heavy atom. The highest BCUT2D eigenvalue weighted by Crippen LogP contribution is 2.25. The molecule has 1 heterocycles. The van der Waals surface area contributed by atoms with Crippen LogP contribution in [0.4, 0.5) is 0 Å². The number of piperidine rings is 1. The maximum Gasteiger partial charge on any atom is 0.0578 e. The van der Waals surface area contributed by atoms with Crippen molar-refractivity contribution in [3.05, 3.63) is 0 Å². The summed E-state index contributed by atoms with van der Waals surface area (Å²) in [6, 6.07) is 0.584. The summed E-state index contributed by atoms with van der Waals surface area (Å²) in [4.78, 5) is 2.50. The number of rotatable bonds is 6. The number of nitrogens with zero attached hydrogens (tertiary/aromatic N) is 1. The van der Waals surface area contributed by atoms with Gasteiger partial charge in [-0.15, -0.1) is 0 Å². The molecule has 0 aromatic heterocycles. The molecule has 1 aliphatic carbocycles. The Bertz CT molecular complexity index is 253. The number of likely N-dealkylation sites (N-methyl/N-ethyl adjacent to an activating group) is 1. The molecule has 0 aromatic carbocycles. The molecule has 0 radical (unpaired) electrons. The smallest absolute Gasteiger partial charge is 0.0578 e. The maximum absolute atomic E-state index is 10.1. The molecule has 1 saturated carbocycles. The van der Waals surface area contributed by atoms with E-state index in [1.165, 1.54) is 32.2 Å². The summed E-state index contributed by atoms with van der Waals surface area (Å²) in [5.74, 6) is 1.37. The summed E-state index contributed by atoms with van der Waals surface area (Å²) in [5.41, 5.74) is 0. The van der Waals surface area contributed by atoms with E-state index < -0.39 is 0 Å². The van der Waals surface area contributed by atoms with E-state index in [1.807, 2.05) is 0 Å². The van der Waals surface area contributed by atoms with E-state index in [-0.39, 0.29) is 6.10 Å².